The molecule has 1 saturated heterocycles. The summed E-state index contributed by atoms with van der Waals surface area (Å²) in [4.78, 5) is 2.28. The summed E-state index contributed by atoms with van der Waals surface area (Å²) < 4.78 is 1.83. The fourth-order valence-corrected chi connectivity index (χ4v) is 1.81. The van der Waals surface area contributed by atoms with E-state index in [4.69, 9.17) is 5.73 Å². The average Bonchev–Trinajstić information content (AvgIpc) is 2.40. The van der Waals surface area contributed by atoms with E-state index in [2.05, 4.69) is 16.9 Å². The topological polar surface area (TPSA) is 47.1 Å². The Hall–Kier alpha value is -1.03. The summed E-state index contributed by atoms with van der Waals surface area (Å²) in [6.07, 6.45) is 2.00. The van der Waals surface area contributed by atoms with Gasteiger partial charge in [0.1, 0.15) is 0 Å². The van der Waals surface area contributed by atoms with Crippen molar-refractivity contribution < 1.29 is 0 Å². The summed E-state index contributed by atoms with van der Waals surface area (Å²) in [5.41, 5.74) is 6.78. The molecule has 1 aromatic rings. The Morgan fingerprint density at radius 3 is 2.85 bits per heavy atom. The number of hydrogen-bond donors (Lipinski definition) is 1. The van der Waals surface area contributed by atoms with E-state index in [-0.39, 0.29) is 0 Å². The smallest absolute Gasteiger partial charge is 0.155 e. The van der Waals surface area contributed by atoms with Gasteiger partial charge in [-0.15, -0.1) is 0 Å². The minimum Gasteiger partial charge on any atom is -0.354 e. The van der Waals surface area contributed by atoms with Gasteiger partial charge in [0, 0.05) is 38.4 Å². The Balaban J connectivity index is 2.19. The monoisotopic (exact) mass is 180 g/mol. The van der Waals surface area contributed by atoms with E-state index in [1.54, 1.807) is 0 Å². The molecule has 0 saturated carbocycles. The standard InChI is InChI=1S/C9H16N4/c1-7-4-13(5-7)9-8(3-10)6-12(2)11-9/h6-7H,3-5,10H2,1-2H3. The molecule has 1 aliphatic rings. The molecule has 2 heterocycles. The van der Waals surface area contributed by atoms with Crippen LogP contribution >= 0.6 is 0 Å². The largest absolute Gasteiger partial charge is 0.354 e. The number of aryl methyl sites for hydroxylation is 1. The van der Waals surface area contributed by atoms with Gasteiger partial charge < -0.3 is 10.6 Å². The maximum Gasteiger partial charge on any atom is 0.155 e. The highest BCUT2D eigenvalue weighted by Crippen LogP contribution is 2.25. The first-order chi connectivity index (χ1) is 6.20. The van der Waals surface area contributed by atoms with Gasteiger partial charge >= 0.3 is 0 Å². The van der Waals surface area contributed by atoms with Crippen molar-refractivity contribution >= 4 is 5.82 Å². The van der Waals surface area contributed by atoms with Crippen molar-refractivity contribution in [3.05, 3.63) is 11.8 Å². The van der Waals surface area contributed by atoms with Gasteiger partial charge in [-0.3, -0.25) is 4.68 Å². The predicted octanol–water partition coefficient (Wildman–Crippen LogP) is 0.335. The van der Waals surface area contributed by atoms with Crippen LogP contribution in [0.4, 0.5) is 5.82 Å². The SMILES string of the molecule is CC1CN(c2nn(C)cc2CN)C1. The van der Waals surface area contributed by atoms with Crippen LogP contribution in [-0.4, -0.2) is 22.9 Å². The predicted molar refractivity (Wildman–Crippen MR) is 52.5 cm³/mol. The summed E-state index contributed by atoms with van der Waals surface area (Å²) in [6.45, 7) is 5.06. The molecule has 4 heteroatoms. The van der Waals surface area contributed by atoms with Crippen molar-refractivity contribution in [3.63, 3.8) is 0 Å². The third-order valence-corrected chi connectivity index (χ3v) is 2.47. The minimum atomic E-state index is 0.577. The molecule has 13 heavy (non-hydrogen) atoms. The molecule has 1 fully saturated rings. The molecule has 0 aliphatic carbocycles. The van der Waals surface area contributed by atoms with Gasteiger partial charge in [-0.1, -0.05) is 6.92 Å². The van der Waals surface area contributed by atoms with Gasteiger partial charge in [0.05, 0.1) is 0 Å². The van der Waals surface area contributed by atoms with Crippen LogP contribution in [0.5, 0.6) is 0 Å². The maximum absolute atomic E-state index is 5.64. The minimum absolute atomic E-state index is 0.577. The third-order valence-electron chi connectivity index (χ3n) is 2.47. The molecule has 72 valence electrons. The van der Waals surface area contributed by atoms with E-state index in [1.165, 1.54) is 0 Å². The van der Waals surface area contributed by atoms with Gasteiger partial charge in [-0.2, -0.15) is 5.10 Å². The number of rotatable bonds is 2. The van der Waals surface area contributed by atoms with Crippen LogP contribution in [0.25, 0.3) is 0 Å². The van der Waals surface area contributed by atoms with Gasteiger partial charge in [-0.05, 0) is 5.92 Å². The first kappa shape index (κ1) is 8.56. The quantitative estimate of drug-likeness (QED) is 0.713. The van der Waals surface area contributed by atoms with Crippen molar-refractivity contribution in [3.8, 4) is 0 Å². The van der Waals surface area contributed by atoms with Crippen LogP contribution in [-0.2, 0) is 13.6 Å². The summed E-state index contributed by atoms with van der Waals surface area (Å²) in [5.74, 6) is 1.87. The molecule has 1 aromatic heterocycles. The number of anilines is 1. The first-order valence-corrected chi connectivity index (χ1v) is 4.68. The Kier molecular flexibility index (Phi) is 2.00. The van der Waals surface area contributed by atoms with Crippen molar-refractivity contribution in [1.82, 2.24) is 9.78 Å². The van der Waals surface area contributed by atoms with Crippen molar-refractivity contribution in [2.45, 2.75) is 13.5 Å². The highest BCUT2D eigenvalue weighted by atomic mass is 15.4. The average molecular weight is 180 g/mol. The van der Waals surface area contributed by atoms with Crippen LogP contribution in [0, 0.1) is 5.92 Å². The Labute approximate surface area is 78.3 Å². The molecule has 0 aromatic carbocycles. The zero-order valence-electron chi connectivity index (χ0n) is 8.20. The molecule has 0 unspecified atom stereocenters. The van der Waals surface area contributed by atoms with Crippen LogP contribution in [0.3, 0.4) is 0 Å². The lowest BCUT2D eigenvalue weighted by atomic mass is 10.0. The number of nitrogens with zero attached hydrogens (tertiary/aromatic N) is 3. The molecule has 0 atom stereocenters. The summed E-state index contributed by atoms with van der Waals surface area (Å²) >= 11 is 0. The molecule has 0 spiro atoms. The lowest BCUT2D eigenvalue weighted by Gasteiger charge is -2.37. The highest BCUT2D eigenvalue weighted by molar-refractivity contribution is 5.48. The second kappa shape index (κ2) is 3.03. The van der Waals surface area contributed by atoms with E-state index < -0.39 is 0 Å². The van der Waals surface area contributed by atoms with E-state index in [0.717, 1.165) is 30.4 Å². The Morgan fingerprint density at radius 1 is 1.62 bits per heavy atom. The van der Waals surface area contributed by atoms with E-state index in [9.17, 15) is 0 Å². The normalized spacial score (nSPS) is 17.6. The molecule has 4 nitrogen and oxygen atoms in total. The second-order valence-electron chi connectivity index (χ2n) is 3.87. The Morgan fingerprint density at radius 2 is 2.31 bits per heavy atom. The van der Waals surface area contributed by atoms with Gasteiger partial charge in [-0.25, -0.2) is 0 Å². The molecule has 2 N–H and O–H groups in total. The van der Waals surface area contributed by atoms with Crippen molar-refractivity contribution in [1.29, 1.82) is 0 Å². The first-order valence-electron chi connectivity index (χ1n) is 4.68. The lowest BCUT2D eigenvalue weighted by Crippen LogP contribution is -2.45. The fraction of sp³-hybridized carbons (Fsp3) is 0.667. The molecule has 0 bridgehead atoms. The zero-order valence-corrected chi connectivity index (χ0v) is 8.20. The van der Waals surface area contributed by atoms with Crippen LogP contribution in [0.1, 0.15) is 12.5 Å². The van der Waals surface area contributed by atoms with Crippen LogP contribution in [0.2, 0.25) is 0 Å². The van der Waals surface area contributed by atoms with Crippen LogP contribution < -0.4 is 10.6 Å². The molecular weight excluding hydrogens is 164 g/mol. The summed E-state index contributed by atoms with van der Waals surface area (Å²) in [5, 5.41) is 4.40. The zero-order chi connectivity index (χ0) is 9.42. The van der Waals surface area contributed by atoms with Crippen molar-refractivity contribution in [2.75, 3.05) is 18.0 Å². The van der Waals surface area contributed by atoms with E-state index in [0.29, 0.717) is 6.54 Å². The molecule has 0 radical (unpaired) electrons. The van der Waals surface area contributed by atoms with Gasteiger partial charge in [0.15, 0.2) is 5.82 Å². The molecule has 0 amide bonds. The van der Waals surface area contributed by atoms with Crippen molar-refractivity contribution in [2.24, 2.45) is 18.7 Å². The van der Waals surface area contributed by atoms with Gasteiger partial charge in [0.2, 0.25) is 0 Å². The lowest BCUT2D eigenvalue weighted by molar-refractivity contribution is 0.441. The third kappa shape index (κ3) is 1.42. The number of aromatic nitrogens is 2. The number of nitrogens with two attached hydrogens (primary N) is 1. The van der Waals surface area contributed by atoms with E-state index in [1.807, 2.05) is 17.9 Å². The summed E-state index contributed by atoms with van der Waals surface area (Å²) in [7, 11) is 1.94. The molecule has 2 rings (SSSR count). The van der Waals surface area contributed by atoms with E-state index >= 15 is 0 Å². The number of hydrogen-bond acceptors (Lipinski definition) is 3. The molecular formula is C9H16N4. The fourth-order valence-electron chi connectivity index (χ4n) is 1.81. The maximum atomic E-state index is 5.64. The second-order valence-corrected chi connectivity index (χ2v) is 3.87. The Bertz CT molecular complexity index is 299. The summed E-state index contributed by atoms with van der Waals surface area (Å²) in [6, 6.07) is 0. The van der Waals surface area contributed by atoms with Crippen LogP contribution in [0.15, 0.2) is 6.20 Å². The molecule has 1 aliphatic heterocycles. The van der Waals surface area contributed by atoms with Gasteiger partial charge in [0.25, 0.3) is 0 Å². The highest BCUT2D eigenvalue weighted by Gasteiger charge is 2.26.